The van der Waals surface area contributed by atoms with Gasteiger partial charge < -0.3 is 14.6 Å². The first-order valence-electron chi connectivity index (χ1n) is 7.34. The largest absolute Gasteiger partial charge is 0.478 e. The summed E-state index contributed by atoms with van der Waals surface area (Å²) in [4.78, 5) is 33.9. The summed E-state index contributed by atoms with van der Waals surface area (Å²) in [6, 6.07) is 4.80. The Balaban J connectivity index is 3.02. The number of benzene rings is 1. The summed E-state index contributed by atoms with van der Waals surface area (Å²) in [5.41, 5.74) is 1.67. The van der Waals surface area contributed by atoms with Crippen molar-refractivity contribution in [1.29, 1.82) is 0 Å². The molecule has 0 atom stereocenters. The zero-order chi connectivity index (χ0) is 17.2. The Hall–Kier alpha value is -2.63. The van der Waals surface area contributed by atoms with Gasteiger partial charge in [0.2, 0.25) is 0 Å². The van der Waals surface area contributed by atoms with E-state index in [9.17, 15) is 14.4 Å². The van der Waals surface area contributed by atoms with Crippen LogP contribution in [0, 0.1) is 0 Å². The van der Waals surface area contributed by atoms with Crippen LogP contribution in [0.15, 0.2) is 24.3 Å². The molecule has 0 aromatic heterocycles. The Bertz CT molecular complexity index is 603. The highest BCUT2D eigenvalue weighted by Gasteiger charge is 2.11. The van der Waals surface area contributed by atoms with Crippen LogP contribution in [0.5, 0.6) is 0 Å². The van der Waals surface area contributed by atoms with Gasteiger partial charge in [0.15, 0.2) is 0 Å². The van der Waals surface area contributed by atoms with E-state index in [0.29, 0.717) is 29.7 Å². The van der Waals surface area contributed by atoms with Gasteiger partial charge in [-0.2, -0.15) is 0 Å². The molecule has 0 bridgehead atoms. The minimum Gasteiger partial charge on any atom is -0.478 e. The van der Waals surface area contributed by atoms with E-state index in [1.807, 2.05) is 0 Å². The number of ether oxygens (including phenoxy) is 2. The van der Waals surface area contributed by atoms with Crippen LogP contribution in [0.1, 0.15) is 41.8 Å². The minimum absolute atomic E-state index is 0.147. The van der Waals surface area contributed by atoms with Crippen LogP contribution in [0.4, 0.5) is 0 Å². The van der Waals surface area contributed by atoms with E-state index in [0.717, 1.165) is 6.08 Å². The van der Waals surface area contributed by atoms with Gasteiger partial charge in [-0.05, 0) is 49.6 Å². The predicted molar refractivity (Wildman–Crippen MR) is 84.0 cm³/mol. The molecule has 6 nitrogen and oxygen atoms in total. The smallest absolute Gasteiger partial charge is 0.338 e. The molecular weight excluding hydrogens is 300 g/mol. The first-order chi connectivity index (χ1) is 11.0. The molecule has 1 rings (SSSR count). The lowest BCUT2D eigenvalue weighted by molar-refractivity contribution is -0.143. The Kier molecular flexibility index (Phi) is 7.53. The van der Waals surface area contributed by atoms with Gasteiger partial charge in [0, 0.05) is 12.5 Å². The highest BCUT2D eigenvalue weighted by molar-refractivity contribution is 5.91. The molecule has 1 aromatic carbocycles. The normalized spacial score (nSPS) is 10.5. The molecule has 0 radical (unpaired) electrons. The van der Waals surface area contributed by atoms with Crippen molar-refractivity contribution >= 4 is 24.0 Å². The van der Waals surface area contributed by atoms with Gasteiger partial charge in [-0.25, -0.2) is 9.59 Å². The van der Waals surface area contributed by atoms with Crippen molar-refractivity contribution in [2.45, 2.75) is 26.7 Å². The summed E-state index contributed by atoms with van der Waals surface area (Å²) < 4.78 is 9.82. The summed E-state index contributed by atoms with van der Waals surface area (Å²) >= 11 is 0. The Morgan fingerprint density at radius 3 is 2.43 bits per heavy atom. The third-order valence-corrected chi connectivity index (χ3v) is 2.96. The summed E-state index contributed by atoms with van der Waals surface area (Å²) in [6.45, 7) is 4.00. The number of hydrogen-bond acceptors (Lipinski definition) is 5. The molecule has 0 saturated heterocycles. The lowest BCUT2D eigenvalue weighted by atomic mass is 9.99. The average molecular weight is 320 g/mol. The maximum atomic E-state index is 11.8. The Morgan fingerprint density at radius 1 is 1.13 bits per heavy atom. The first-order valence-corrected chi connectivity index (χ1v) is 7.34. The first kappa shape index (κ1) is 18.4. The standard InChI is InChI=1S/C17H20O6/c1-3-22-16(20)10-8-13-11-14(17(21)23-4-2)6-5-12(13)7-9-15(18)19/h5-7,9,11H,3-4,8,10H2,1-2H3,(H,18,19)/b9-7+. The predicted octanol–water partition coefficient (Wildman–Crippen LogP) is 2.46. The third kappa shape index (κ3) is 6.34. The molecule has 23 heavy (non-hydrogen) atoms. The van der Waals surface area contributed by atoms with Crippen LogP contribution in [0.25, 0.3) is 6.08 Å². The number of carbonyl (C=O) groups excluding carboxylic acids is 2. The van der Waals surface area contributed by atoms with E-state index in [-0.39, 0.29) is 19.0 Å². The quantitative estimate of drug-likeness (QED) is 0.584. The van der Waals surface area contributed by atoms with E-state index in [2.05, 4.69) is 0 Å². The van der Waals surface area contributed by atoms with Gasteiger partial charge in [-0.15, -0.1) is 0 Å². The molecule has 0 aliphatic rings. The summed E-state index contributed by atoms with van der Waals surface area (Å²) in [7, 11) is 0. The lowest BCUT2D eigenvalue weighted by Crippen LogP contribution is -2.08. The van der Waals surface area contributed by atoms with Gasteiger partial charge >= 0.3 is 17.9 Å². The van der Waals surface area contributed by atoms with E-state index in [4.69, 9.17) is 14.6 Å². The second-order valence-corrected chi connectivity index (χ2v) is 4.61. The molecule has 0 heterocycles. The molecule has 1 aromatic rings. The molecule has 6 heteroatoms. The number of aryl methyl sites for hydroxylation is 1. The number of rotatable bonds is 8. The molecule has 0 spiro atoms. The third-order valence-electron chi connectivity index (χ3n) is 2.96. The molecule has 124 valence electrons. The number of carboxylic acids is 1. The van der Waals surface area contributed by atoms with Gasteiger partial charge in [-0.1, -0.05) is 6.07 Å². The maximum absolute atomic E-state index is 11.8. The minimum atomic E-state index is -1.07. The van der Waals surface area contributed by atoms with Crippen LogP contribution >= 0.6 is 0 Å². The number of esters is 2. The van der Waals surface area contributed by atoms with E-state index in [1.165, 1.54) is 6.08 Å². The molecule has 0 saturated carbocycles. The summed E-state index contributed by atoms with van der Waals surface area (Å²) in [5, 5.41) is 8.73. The van der Waals surface area contributed by atoms with Gasteiger partial charge in [0.25, 0.3) is 0 Å². The van der Waals surface area contributed by atoms with E-state index < -0.39 is 11.9 Å². The molecule has 1 N–H and O–H groups in total. The SMILES string of the molecule is CCOC(=O)CCc1cc(C(=O)OCC)ccc1/C=C/C(=O)O. The fourth-order valence-corrected chi connectivity index (χ4v) is 1.96. The van der Waals surface area contributed by atoms with Crippen molar-refractivity contribution in [1.82, 2.24) is 0 Å². The van der Waals surface area contributed by atoms with Crippen molar-refractivity contribution < 1.29 is 29.0 Å². The topological polar surface area (TPSA) is 89.9 Å². The monoisotopic (exact) mass is 320 g/mol. The number of carboxylic acid groups (broad SMARTS) is 1. The highest BCUT2D eigenvalue weighted by Crippen LogP contribution is 2.17. The van der Waals surface area contributed by atoms with Crippen molar-refractivity contribution in [3.05, 3.63) is 41.0 Å². The average Bonchev–Trinajstić information content (AvgIpc) is 2.51. The summed E-state index contributed by atoms with van der Waals surface area (Å²) in [6.07, 6.45) is 2.92. The van der Waals surface area contributed by atoms with Crippen molar-refractivity contribution in [2.75, 3.05) is 13.2 Å². The van der Waals surface area contributed by atoms with Crippen LogP contribution in [0.3, 0.4) is 0 Å². The molecule has 0 fully saturated rings. The van der Waals surface area contributed by atoms with E-state index >= 15 is 0 Å². The fraction of sp³-hybridized carbons (Fsp3) is 0.353. The van der Waals surface area contributed by atoms with Crippen LogP contribution in [-0.4, -0.2) is 36.2 Å². The van der Waals surface area contributed by atoms with Crippen molar-refractivity contribution in [3.8, 4) is 0 Å². The molecule has 0 aliphatic carbocycles. The maximum Gasteiger partial charge on any atom is 0.338 e. The molecule has 0 amide bonds. The van der Waals surface area contributed by atoms with Crippen LogP contribution < -0.4 is 0 Å². The van der Waals surface area contributed by atoms with Crippen molar-refractivity contribution in [2.24, 2.45) is 0 Å². The number of carbonyl (C=O) groups is 3. The molecular formula is C17H20O6. The zero-order valence-corrected chi connectivity index (χ0v) is 13.2. The van der Waals surface area contributed by atoms with Crippen LogP contribution in [-0.2, 0) is 25.5 Å². The number of hydrogen-bond donors (Lipinski definition) is 1. The van der Waals surface area contributed by atoms with Gasteiger partial charge in [0.1, 0.15) is 0 Å². The van der Waals surface area contributed by atoms with Crippen LogP contribution in [0.2, 0.25) is 0 Å². The highest BCUT2D eigenvalue weighted by atomic mass is 16.5. The number of aliphatic carboxylic acids is 1. The fourth-order valence-electron chi connectivity index (χ4n) is 1.96. The molecule has 0 aliphatic heterocycles. The Labute approximate surface area is 134 Å². The van der Waals surface area contributed by atoms with Gasteiger partial charge in [0.05, 0.1) is 18.8 Å². The van der Waals surface area contributed by atoms with E-state index in [1.54, 1.807) is 32.0 Å². The van der Waals surface area contributed by atoms with Gasteiger partial charge in [-0.3, -0.25) is 4.79 Å². The zero-order valence-electron chi connectivity index (χ0n) is 13.2. The molecule has 0 unspecified atom stereocenters. The Morgan fingerprint density at radius 2 is 1.83 bits per heavy atom. The second kappa shape index (κ2) is 9.40. The second-order valence-electron chi connectivity index (χ2n) is 4.61. The summed E-state index contributed by atoms with van der Waals surface area (Å²) in [5.74, 6) is -1.88. The van der Waals surface area contributed by atoms with Crippen molar-refractivity contribution in [3.63, 3.8) is 0 Å². The lowest BCUT2D eigenvalue weighted by Gasteiger charge is -2.09.